The molecule has 1 aromatic heterocycles. The number of benzene rings is 1. The van der Waals surface area contributed by atoms with Gasteiger partial charge in [-0.25, -0.2) is 0 Å². The molecule has 170 valence electrons. The van der Waals surface area contributed by atoms with Crippen LogP contribution in [0.1, 0.15) is 61.5 Å². The Morgan fingerprint density at radius 1 is 0.844 bits per heavy atom. The molecule has 6 heteroatoms. The Bertz CT molecular complexity index is 1150. The molecule has 0 spiro atoms. The molecule has 0 saturated carbocycles. The monoisotopic (exact) mass is 434 g/mol. The Labute approximate surface area is 191 Å². The second-order valence-electron chi connectivity index (χ2n) is 8.92. The maximum atomic E-state index is 12.1. The lowest BCUT2D eigenvalue weighted by Gasteiger charge is -2.22. The lowest BCUT2D eigenvalue weighted by Crippen LogP contribution is -2.32. The molecule has 0 aliphatic carbocycles. The van der Waals surface area contributed by atoms with Crippen molar-refractivity contribution in [3.8, 4) is 0 Å². The zero-order chi connectivity index (χ0) is 23.9. The first-order chi connectivity index (χ1) is 15.0. The van der Waals surface area contributed by atoms with Gasteiger partial charge in [-0.15, -0.1) is 0 Å². The Hall–Kier alpha value is -3.02. The van der Waals surface area contributed by atoms with Crippen molar-refractivity contribution in [2.24, 2.45) is 10.1 Å². The number of aryl methyl sites for hydroxylation is 1. The van der Waals surface area contributed by atoms with E-state index in [-0.39, 0.29) is 19.1 Å². The summed E-state index contributed by atoms with van der Waals surface area (Å²) >= 11 is 0. The highest BCUT2D eigenvalue weighted by Gasteiger charge is 2.29. The number of aliphatic imine (C=N–C) groups is 1. The number of hydrogen-bond donors (Lipinski definition) is 0. The van der Waals surface area contributed by atoms with Gasteiger partial charge in [0, 0.05) is 18.3 Å². The molecule has 0 atom stereocenters. The van der Waals surface area contributed by atoms with E-state index in [0.717, 1.165) is 33.6 Å². The number of oxime groups is 1. The molecule has 32 heavy (non-hydrogen) atoms. The number of amides is 1. The van der Waals surface area contributed by atoms with Crippen molar-refractivity contribution >= 4 is 17.5 Å². The van der Waals surface area contributed by atoms with E-state index >= 15 is 0 Å². The van der Waals surface area contributed by atoms with Crippen LogP contribution in [0.2, 0.25) is 0 Å². The van der Waals surface area contributed by atoms with Crippen LogP contribution in [0.25, 0.3) is 0 Å². The molecule has 0 bridgehead atoms. The van der Waals surface area contributed by atoms with Crippen LogP contribution in [0.4, 0.5) is 0 Å². The zero-order valence-electron chi connectivity index (χ0n) is 21.0. The van der Waals surface area contributed by atoms with Crippen LogP contribution in [-0.4, -0.2) is 40.9 Å². The van der Waals surface area contributed by atoms with Crippen molar-refractivity contribution in [2.75, 3.05) is 13.6 Å². The van der Waals surface area contributed by atoms with Gasteiger partial charge in [-0.05, 0) is 107 Å². The number of aromatic nitrogens is 1. The maximum Gasteiger partial charge on any atom is 0.267 e. The molecule has 0 fully saturated rings. The van der Waals surface area contributed by atoms with Crippen LogP contribution in [0.5, 0.6) is 0 Å². The smallest absolute Gasteiger partial charge is 0.267 e. The van der Waals surface area contributed by atoms with Crippen molar-refractivity contribution in [1.82, 2.24) is 9.88 Å². The standard InChI is InChI=1S/C26H34N4O2/c1-13-14(2)19(7)24(20(8)15(13)3)25(26-28-23(31)11-30(26)10)29-32-12-22-18(6)16(4)17(5)21(9)27-22/h11-12H2,1-10H3. The van der Waals surface area contributed by atoms with Gasteiger partial charge in [-0.3, -0.25) is 9.78 Å². The van der Waals surface area contributed by atoms with Gasteiger partial charge in [0.1, 0.15) is 6.54 Å². The third-order valence-corrected chi connectivity index (χ3v) is 7.17. The summed E-state index contributed by atoms with van der Waals surface area (Å²) in [6.07, 6.45) is 0. The summed E-state index contributed by atoms with van der Waals surface area (Å²) < 4.78 is 0. The molecule has 6 nitrogen and oxygen atoms in total. The maximum absolute atomic E-state index is 12.1. The lowest BCUT2D eigenvalue weighted by molar-refractivity contribution is -0.116. The molecule has 1 amide bonds. The van der Waals surface area contributed by atoms with Gasteiger partial charge in [0.05, 0.1) is 5.69 Å². The molecule has 3 rings (SSSR count). The number of nitrogens with zero attached hydrogens (tertiary/aromatic N) is 4. The van der Waals surface area contributed by atoms with Crippen LogP contribution in [0.3, 0.4) is 0 Å². The van der Waals surface area contributed by atoms with Gasteiger partial charge < -0.3 is 9.74 Å². The minimum atomic E-state index is -0.173. The Kier molecular flexibility index (Phi) is 6.54. The van der Waals surface area contributed by atoms with E-state index in [1.165, 1.54) is 27.8 Å². The summed E-state index contributed by atoms with van der Waals surface area (Å²) in [6.45, 7) is 19.3. The molecule has 0 radical (unpaired) electrons. The third-order valence-electron chi connectivity index (χ3n) is 7.17. The third kappa shape index (κ3) is 4.06. The van der Waals surface area contributed by atoms with Gasteiger partial charge in [0.2, 0.25) is 0 Å². The minimum Gasteiger partial charge on any atom is -0.389 e. The van der Waals surface area contributed by atoms with Crippen LogP contribution in [0.15, 0.2) is 10.1 Å². The Morgan fingerprint density at radius 3 is 1.91 bits per heavy atom. The molecule has 1 aliphatic rings. The molecule has 1 aliphatic heterocycles. The zero-order valence-corrected chi connectivity index (χ0v) is 21.0. The Balaban J connectivity index is 2.10. The fourth-order valence-electron chi connectivity index (χ4n) is 4.24. The first-order valence-corrected chi connectivity index (χ1v) is 11.0. The first-order valence-electron chi connectivity index (χ1n) is 11.0. The van der Waals surface area contributed by atoms with E-state index in [0.29, 0.717) is 11.5 Å². The summed E-state index contributed by atoms with van der Waals surface area (Å²) in [7, 11) is 1.86. The van der Waals surface area contributed by atoms with E-state index in [1.54, 1.807) is 0 Å². The topological polar surface area (TPSA) is 67.2 Å². The van der Waals surface area contributed by atoms with Gasteiger partial charge in [-0.2, -0.15) is 4.99 Å². The highest BCUT2D eigenvalue weighted by Crippen LogP contribution is 2.28. The first kappa shape index (κ1) is 23.6. The number of rotatable bonds is 5. The average Bonchev–Trinajstić information content (AvgIpc) is 3.09. The highest BCUT2D eigenvalue weighted by atomic mass is 16.6. The minimum absolute atomic E-state index is 0.173. The normalized spacial score (nSPS) is 14.3. The number of pyridine rings is 1. The van der Waals surface area contributed by atoms with E-state index in [1.807, 2.05) is 18.9 Å². The summed E-state index contributed by atoms with van der Waals surface area (Å²) in [5.74, 6) is 0.373. The second-order valence-corrected chi connectivity index (χ2v) is 8.92. The molecule has 0 unspecified atom stereocenters. The van der Waals surface area contributed by atoms with Gasteiger partial charge in [0.15, 0.2) is 18.2 Å². The van der Waals surface area contributed by atoms with Crippen molar-refractivity contribution < 1.29 is 9.63 Å². The van der Waals surface area contributed by atoms with Crippen LogP contribution in [0, 0.1) is 62.3 Å². The average molecular weight is 435 g/mol. The number of likely N-dealkylation sites (N-methyl/N-ethyl adjacent to an activating group) is 1. The van der Waals surface area contributed by atoms with Crippen LogP contribution < -0.4 is 0 Å². The van der Waals surface area contributed by atoms with Crippen molar-refractivity contribution in [2.45, 2.75) is 68.9 Å². The van der Waals surface area contributed by atoms with Gasteiger partial charge >= 0.3 is 0 Å². The van der Waals surface area contributed by atoms with E-state index in [9.17, 15) is 4.79 Å². The largest absolute Gasteiger partial charge is 0.389 e. The van der Waals surface area contributed by atoms with Crippen molar-refractivity contribution in [1.29, 1.82) is 0 Å². The molecular weight excluding hydrogens is 400 g/mol. The highest BCUT2D eigenvalue weighted by molar-refractivity contribution is 6.50. The van der Waals surface area contributed by atoms with Gasteiger partial charge in [0.25, 0.3) is 5.91 Å². The number of carbonyl (C=O) groups excluding carboxylic acids is 1. The van der Waals surface area contributed by atoms with Gasteiger partial charge in [-0.1, -0.05) is 5.16 Å². The molecule has 0 N–H and O–H groups in total. The van der Waals surface area contributed by atoms with Crippen LogP contribution in [-0.2, 0) is 16.2 Å². The summed E-state index contributed by atoms with van der Waals surface area (Å²) in [4.78, 5) is 28.8. The van der Waals surface area contributed by atoms with E-state index in [2.05, 4.69) is 65.5 Å². The molecule has 2 heterocycles. The van der Waals surface area contributed by atoms with E-state index < -0.39 is 0 Å². The quantitative estimate of drug-likeness (QED) is 0.507. The summed E-state index contributed by atoms with van der Waals surface area (Å²) in [5, 5.41) is 4.56. The fraction of sp³-hybridized carbons (Fsp3) is 0.462. The molecule has 0 saturated heterocycles. The Morgan fingerprint density at radius 2 is 1.38 bits per heavy atom. The molecule has 2 aromatic rings. The predicted octanol–water partition coefficient (Wildman–Crippen LogP) is 4.65. The molecular formula is C26H34N4O2. The fourth-order valence-corrected chi connectivity index (χ4v) is 4.24. The predicted molar refractivity (Wildman–Crippen MR) is 130 cm³/mol. The number of hydrogen-bond acceptors (Lipinski definition) is 5. The summed E-state index contributed by atoms with van der Waals surface area (Å²) in [5.41, 5.74) is 12.9. The number of amidine groups is 1. The molecule has 1 aromatic carbocycles. The van der Waals surface area contributed by atoms with Crippen molar-refractivity contribution in [3.05, 3.63) is 61.5 Å². The summed E-state index contributed by atoms with van der Waals surface area (Å²) in [6, 6.07) is 0. The van der Waals surface area contributed by atoms with E-state index in [4.69, 9.17) is 9.82 Å². The number of carbonyl (C=O) groups is 1. The lowest BCUT2D eigenvalue weighted by atomic mass is 9.87. The van der Waals surface area contributed by atoms with Crippen molar-refractivity contribution in [3.63, 3.8) is 0 Å². The SMILES string of the molecule is Cc1nc(CON=C(C2=NC(=O)CN2C)c2c(C)c(C)c(C)c(C)c2C)c(C)c(C)c1C. The second kappa shape index (κ2) is 8.85. The van der Waals surface area contributed by atoms with Crippen LogP contribution >= 0.6 is 0 Å².